The third kappa shape index (κ3) is 3.74. The van der Waals surface area contributed by atoms with Gasteiger partial charge in [-0.15, -0.1) is 0 Å². The smallest absolute Gasteiger partial charge is 0.364 e. The normalized spacial score (nSPS) is 22.3. The molecule has 1 aliphatic rings. The van der Waals surface area contributed by atoms with Crippen molar-refractivity contribution in [3.63, 3.8) is 0 Å². The predicted octanol–water partition coefficient (Wildman–Crippen LogP) is 2.46. The van der Waals surface area contributed by atoms with Crippen LogP contribution >= 0.6 is 0 Å². The lowest BCUT2D eigenvalue weighted by Gasteiger charge is -2.15. The molecule has 3 N–H and O–H groups in total. The largest absolute Gasteiger partial charge is 0.416 e. The Hall–Kier alpha value is -1.60. The molecule has 0 aliphatic carbocycles. The molecular weight excluding hydrogens is 285 g/mol. The van der Waals surface area contributed by atoms with Crippen molar-refractivity contribution in [3.8, 4) is 0 Å². The third-order valence-corrected chi connectivity index (χ3v) is 3.49. The van der Waals surface area contributed by atoms with Crippen LogP contribution in [0.15, 0.2) is 18.2 Å². The van der Waals surface area contributed by atoms with E-state index < -0.39 is 23.8 Å². The van der Waals surface area contributed by atoms with E-state index in [0.717, 1.165) is 12.1 Å². The Labute approximate surface area is 120 Å². The van der Waals surface area contributed by atoms with Gasteiger partial charge in [0.25, 0.3) is 5.91 Å². The fourth-order valence-corrected chi connectivity index (χ4v) is 2.22. The highest BCUT2D eigenvalue weighted by atomic mass is 19.4. The van der Waals surface area contributed by atoms with Crippen LogP contribution in [0.4, 0.5) is 18.9 Å². The molecule has 1 aromatic rings. The number of nitrogens with two attached hydrogens (primary N) is 1. The molecule has 0 radical (unpaired) electrons. The number of rotatable bonds is 3. The maximum absolute atomic E-state index is 12.7. The Morgan fingerprint density at radius 2 is 2.14 bits per heavy atom. The van der Waals surface area contributed by atoms with E-state index in [9.17, 15) is 18.0 Å². The van der Waals surface area contributed by atoms with Gasteiger partial charge in [0, 0.05) is 12.2 Å². The lowest BCUT2D eigenvalue weighted by molar-refractivity contribution is -0.137. The van der Waals surface area contributed by atoms with E-state index in [-0.39, 0.29) is 11.8 Å². The van der Waals surface area contributed by atoms with Crippen LogP contribution in [0.25, 0.3) is 0 Å². The van der Waals surface area contributed by atoms with Gasteiger partial charge in [0.05, 0.1) is 11.7 Å². The molecule has 7 heteroatoms. The van der Waals surface area contributed by atoms with Crippen molar-refractivity contribution in [2.75, 3.05) is 11.9 Å². The number of hydrogen-bond acceptors (Lipinski definition) is 3. The SMILES string of the molecule is Cc1ccc(C(F)(F)F)cc1NC(=O)C1CCC(CN)O1. The molecule has 21 heavy (non-hydrogen) atoms. The number of alkyl halides is 3. The quantitative estimate of drug-likeness (QED) is 0.901. The van der Waals surface area contributed by atoms with Gasteiger partial charge in [-0.2, -0.15) is 13.2 Å². The summed E-state index contributed by atoms with van der Waals surface area (Å²) < 4.78 is 43.5. The molecule has 1 heterocycles. The third-order valence-electron chi connectivity index (χ3n) is 3.49. The summed E-state index contributed by atoms with van der Waals surface area (Å²) in [5, 5.41) is 2.50. The van der Waals surface area contributed by atoms with Crippen molar-refractivity contribution in [1.82, 2.24) is 0 Å². The molecule has 0 spiro atoms. The summed E-state index contributed by atoms with van der Waals surface area (Å²) in [4.78, 5) is 12.0. The minimum absolute atomic E-state index is 0.148. The maximum atomic E-state index is 12.7. The van der Waals surface area contributed by atoms with E-state index in [2.05, 4.69) is 5.32 Å². The number of amides is 1. The van der Waals surface area contributed by atoms with Crippen LogP contribution in [0, 0.1) is 6.92 Å². The zero-order valence-corrected chi connectivity index (χ0v) is 11.5. The molecule has 2 rings (SSSR count). The minimum Gasteiger partial charge on any atom is -0.364 e. The number of carbonyl (C=O) groups is 1. The first-order valence-corrected chi connectivity index (χ1v) is 6.65. The van der Waals surface area contributed by atoms with Gasteiger partial charge in [0.2, 0.25) is 0 Å². The first-order chi connectivity index (χ1) is 9.81. The van der Waals surface area contributed by atoms with Crippen LogP contribution in [0.2, 0.25) is 0 Å². The topological polar surface area (TPSA) is 64.4 Å². The second-order valence-corrected chi connectivity index (χ2v) is 5.08. The number of halogens is 3. The summed E-state index contributed by atoms with van der Waals surface area (Å²) in [5.41, 5.74) is 5.37. The first-order valence-electron chi connectivity index (χ1n) is 6.65. The van der Waals surface area contributed by atoms with Gasteiger partial charge < -0.3 is 15.8 Å². The van der Waals surface area contributed by atoms with Crippen LogP contribution in [0.3, 0.4) is 0 Å². The molecule has 1 aliphatic heterocycles. The van der Waals surface area contributed by atoms with Crippen LogP contribution in [0.1, 0.15) is 24.0 Å². The van der Waals surface area contributed by atoms with Crippen LogP contribution in [-0.4, -0.2) is 24.7 Å². The highest BCUT2D eigenvalue weighted by Gasteiger charge is 2.32. The van der Waals surface area contributed by atoms with E-state index >= 15 is 0 Å². The van der Waals surface area contributed by atoms with E-state index in [1.165, 1.54) is 6.07 Å². The molecule has 116 valence electrons. The van der Waals surface area contributed by atoms with Gasteiger partial charge in [-0.1, -0.05) is 6.07 Å². The van der Waals surface area contributed by atoms with Crippen molar-refractivity contribution < 1.29 is 22.7 Å². The number of ether oxygens (including phenoxy) is 1. The van der Waals surface area contributed by atoms with Crippen molar-refractivity contribution in [2.45, 2.75) is 38.1 Å². The Morgan fingerprint density at radius 1 is 1.43 bits per heavy atom. The number of anilines is 1. The molecule has 1 aromatic carbocycles. The molecule has 0 aromatic heterocycles. The molecule has 1 amide bonds. The highest BCUT2D eigenvalue weighted by molar-refractivity contribution is 5.95. The Kier molecular flexibility index (Phi) is 4.53. The molecule has 1 saturated heterocycles. The van der Waals surface area contributed by atoms with E-state index in [1.54, 1.807) is 6.92 Å². The van der Waals surface area contributed by atoms with E-state index in [1.807, 2.05) is 0 Å². The predicted molar refractivity (Wildman–Crippen MR) is 71.8 cm³/mol. The number of benzene rings is 1. The second-order valence-electron chi connectivity index (χ2n) is 5.08. The number of nitrogens with one attached hydrogen (secondary N) is 1. The summed E-state index contributed by atoms with van der Waals surface area (Å²) in [5.74, 6) is -0.437. The second kappa shape index (κ2) is 6.03. The maximum Gasteiger partial charge on any atom is 0.416 e. The first kappa shape index (κ1) is 15.8. The van der Waals surface area contributed by atoms with Gasteiger partial charge in [-0.25, -0.2) is 0 Å². The lowest BCUT2D eigenvalue weighted by Crippen LogP contribution is -2.30. The molecule has 1 fully saturated rings. The molecule has 0 saturated carbocycles. The fraction of sp³-hybridized carbons (Fsp3) is 0.500. The fourth-order valence-electron chi connectivity index (χ4n) is 2.22. The monoisotopic (exact) mass is 302 g/mol. The Balaban J connectivity index is 2.10. The summed E-state index contributed by atoms with van der Waals surface area (Å²) in [7, 11) is 0. The van der Waals surface area contributed by atoms with Gasteiger partial charge in [-0.3, -0.25) is 4.79 Å². The van der Waals surface area contributed by atoms with Gasteiger partial charge in [0.1, 0.15) is 6.10 Å². The Bertz CT molecular complexity index is 531. The van der Waals surface area contributed by atoms with Crippen molar-refractivity contribution in [2.24, 2.45) is 5.73 Å². The lowest BCUT2D eigenvalue weighted by atomic mass is 10.1. The summed E-state index contributed by atoms with van der Waals surface area (Å²) in [6, 6.07) is 3.25. The standard InChI is InChI=1S/C14H17F3N2O2/c1-8-2-3-9(14(15,16)17)6-11(8)19-13(20)12-5-4-10(7-18)21-12/h2-3,6,10,12H,4-5,7,18H2,1H3,(H,19,20). The van der Waals surface area contributed by atoms with Crippen molar-refractivity contribution >= 4 is 11.6 Å². The van der Waals surface area contributed by atoms with E-state index in [0.29, 0.717) is 24.9 Å². The molecule has 2 unspecified atom stereocenters. The summed E-state index contributed by atoms with van der Waals surface area (Å²) >= 11 is 0. The molecule has 4 nitrogen and oxygen atoms in total. The molecular formula is C14H17F3N2O2. The van der Waals surface area contributed by atoms with Gasteiger partial charge in [0.15, 0.2) is 0 Å². The van der Waals surface area contributed by atoms with E-state index in [4.69, 9.17) is 10.5 Å². The average molecular weight is 302 g/mol. The molecule has 0 bridgehead atoms. The Morgan fingerprint density at radius 3 is 2.71 bits per heavy atom. The summed E-state index contributed by atoms with van der Waals surface area (Å²) in [6.07, 6.45) is -4.07. The van der Waals surface area contributed by atoms with Gasteiger partial charge in [-0.05, 0) is 37.5 Å². The average Bonchev–Trinajstić information content (AvgIpc) is 2.88. The van der Waals surface area contributed by atoms with Crippen LogP contribution in [-0.2, 0) is 15.7 Å². The van der Waals surface area contributed by atoms with Crippen LogP contribution in [0.5, 0.6) is 0 Å². The van der Waals surface area contributed by atoms with Crippen molar-refractivity contribution in [3.05, 3.63) is 29.3 Å². The number of hydrogen-bond donors (Lipinski definition) is 2. The van der Waals surface area contributed by atoms with Crippen LogP contribution < -0.4 is 11.1 Å². The van der Waals surface area contributed by atoms with Crippen molar-refractivity contribution in [1.29, 1.82) is 0 Å². The summed E-state index contributed by atoms with van der Waals surface area (Å²) in [6.45, 7) is 1.96. The zero-order chi connectivity index (χ0) is 15.6. The van der Waals surface area contributed by atoms with Gasteiger partial charge >= 0.3 is 6.18 Å². The minimum atomic E-state index is -4.44. The zero-order valence-electron chi connectivity index (χ0n) is 11.5. The number of aryl methyl sites for hydroxylation is 1. The highest BCUT2D eigenvalue weighted by Crippen LogP contribution is 2.32. The number of carbonyl (C=O) groups excluding carboxylic acids is 1. The molecule has 2 atom stereocenters.